The minimum Gasteiger partial charge on any atom is -0.335 e. The SMILES string of the molecule is CC[C@@H](C)NC(=O)NC(=O)CSc1nnc(Nc2ccc(C)cc2)s1. The number of carbonyl (C=O) groups is 2. The molecule has 2 rings (SSSR count). The highest BCUT2D eigenvalue weighted by atomic mass is 32.2. The number of anilines is 2. The lowest BCUT2D eigenvalue weighted by Gasteiger charge is -2.11. The Balaban J connectivity index is 1.78. The van der Waals surface area contributed by atoms with Gasteiger partial charge in [-0.15, -0.1) is 10.2 Å². The number of amides is 3. The van der Waals surface area contributed by atoms with Gasteiger partial charge in [0.2, 0.25) is 11.0 Å². The van der Waals surface area contributed by atoms with Crippen LogP contribution in [-0.4, -0.2) is 33.9 Å². The molecule has 3 N–H and O–H groups in total. The molecule has 0 unspecified atom stereocenters. The number of imide groups is 1. The molecule has 0 aliphatic heterocycles. The second kappa shape index (κ2) is 9.38. The van der Waals surface area contributed by atoms with E-state index in [1.165, 1.54) is 28.7 Å². The molecule has 0 fully saturated rings. The molecule has 1 aromatic carbocycles. The number of hydrogen-bond acceptors (Lipinski definition) is 7. The topological polar surface area (TPSA) is 96.0 Å². The van der Waals surface area contributed by atoms with Gasteiger partial charge in [-0.1, -0.05) is 47.7 Å². The van der Waals surface area contributed by atoms with E-state index in [0.29, 0.717) is 9.47 Å². The molecular formula is C16H21N5O2S2. The highest BCUT2D eigenvalue weighted by molar-refractivity contribution is 8.01. The van der Waals surface area contributed by atoms with Crippen LogP contribution in [-0.2, 0) is 4.79 Å². The summed E-state index contributed by atoms with van der Waals surface area (Å²) in [4.78, 5) is 23.4. The second-order valence-corrected chi connectivity index (χ2v) is 7.68. The highest BCUT2D eigenvalue weighted by Crippen LogP contribution is 2.27. The molecule has 0 aliphatic carbocycles. The summed E-state index contributed by atoms with van der Waals surface area (Å²) in [5, 5.41) is 16.9. The smallest absolute Gasteiger partial charge is 0.321 e. The van der Waals surface area contributed by atoms with Gasteiger partial charge in [-0.05, 0) is 32.4 Å². The standard InChI is InChI=1S/C16H21N5O2S2/c1-4-11(3)17-14(23)19-13(22)9-24-16-21-20-15(25-16)18-12-7-5-10(2)6-8-12/h5-8,11H,4,9H2,1-3H3,(H,18,20)(H2,17,19,22,23)/t11-/m1/s1. The first-order chi connectivity index (χ1) is 12.0. The summed E-state index contributed by atoms with van der Waals surface area (Å²) in [6, 6.07) is 7.50. The van der Waals surface area contributed by atoms with Gasteiger partial charge in [-0.2, -0.15) is 0 Å². The first-order valence-electron chi connectivity index (χ1n) is 7.86. The number of nitrogens with zero attached hydrogens (tertiary/aromatic N) is 2. The van der Waals surface area contributed by atoms with Crippen molar-refractivity contribution in [2.75, 3.05) is 11.1 Å². The van der Waals surface area contributed by atoms with E-state index in [1.54, 1.807) is 0 Å². The quantitative estimate of drug-likeness (QED) is 0.639. The van der Waals surface area contributed by atoms with Gasteiger partial charge in [0.25, 0.3) is 0 Å². The molecule has 0 saturated carbocycles. The maximum Gasteiger partial charge on any atom is 0.321 e. The van der Waals surface area contributed by atoms with Crippen LogP contribution in [0.15, 0.2) is 28.6 Å². The average molecular weight is 380 g/mol. The van der Waals surface area contributed by atoms with Gasteiger partial charge in [0.1, 0.15) is 0 Å². The lowest BCUT2D eigenvalue weighted by molar-refractivity contribution is -0.117. The van der Waals surface area contributed by atoms with Crippen molar-refractivity contribution in [1.29, 1.82) is 0 Å². The van der Waals surface area contributed by atoms with Crippen LogP contribution >= 0.6 is 23.1 Å². The van der Waals surface area contributed by atoms with Crippen LogP contribution in [0.2, 0.25) is 0 Å². The van der Waals surface area contributed by atoms with Gasteiger partial charge in [-0.3, -0.25) is 10.1 Å². The summed E-state index contributed by atoms with van der Waals surface area (Å²) in [5.41, 5.74) is 2.11. The van der Waals surface area contributed by atoms with E-state index in [-0.39, 0.29) is 17.7 Å². The fourth-order valence-corrected chi connectivity index (χ4v) is 3.30. The summed E-state index contributed by atoms with van der Waals surface area (Å²) in [5.74, 6) is -0.262. The van der Waals surface area contributed by atoms with Gasteiger partial charge >= 0.3 is 6.03 Å². The first-order valence-corrected chi connectivity index (χ1v) is 9.66. The molecule has 1 atom stereocenters. The zero-order valence-electron chi connectivity index (χ0n) is 14.3. The van der Waals surface area contributed by atoms with Crippen molar-refractivity contribution in [1.82, 2.24) is 20.8 Å². The van der Waals surface area contributed by atoms with E-state index in [9.17, 15) is 9.59 Å². The fraction of sp³-hybridized carbons (Fsp3) is 0.375. The molecular weight excluding hydrogens is 358 g/mol. The minimum atomic E-state index is -0.473. The molecule has 134 valence electrons. The molecule has 25 heavy (non-hydrogen) atoms. The van der Waals surface area contributed by atoms with E-state index >= 15 is 0 Å². The van der Waals surface area contributed by atoms with Crippen LogP contribution in [0, 0.1) is 6.92 Å². The normalized spacial score (nSPS) is 11.6. The van der Waals surface area contributed by atoms with Crippen molar-refractivity contribution in [2.24, 2.45) is 0 Å². The van der Waals surface area contributed by atoms with Gasteiger partial charge in [0.05, 0.1) is 5.75 Å². The Labute approximate surface area is 155 Å². The molecule has 0 aliphatic rings. The summed E-state index contributed by atoms with van der Waals surface area (Å²) in [7, 11) is 0. The van der Waals surface area contributed by atoms with E-state index in [1.807, 2.05) is 45.0 Å². The third-order valence-electron chi connectivity index (χ3n) is 3.28. The number of urea groups is 1. The Hall–Kier alpha value is -2.13. The molecule has 0 bridgehead atoms. The van der Waals surface area contributed by atoms with Gasteiger partial charge in [-0.25, -0.2) is 4.79 Å². The number of aromatic nitrogens is 2. The number of thioether (sulfide) groups is 1. The maximum atomic E-state index is 11.8. The Kier molecular flexibility index (Phi) is 7.20. The Bertz CT molecular complexity index is 718. The Morgan fingerprint density at radius 3 is 2.64 bits per heavy atom. The van der Waals surface area contributed by atoms with Crippen molar-refractivity contribution in [2.45, 2.75) is 37.6 Å². The van der Waals surface area contributed by atoms with Crippen LogP contribution in [0.5, 0.6) is 0 Å². The molecule has 1 aromatic heterocycles. The maximum absolute atomic E-state index is 11.8. The number of hydrogen-bond donors (Lipinski definition) is 3. The monoisotopic (exact) mass is 379 g/mol. The molecule has 3 amide bonds. The van der Waals surface area contributed by atoms with Crippen molar-refractivity contribution in [3.05, 3.63) is 29.8 Å². The van der Waals surface area contributed by atoms with Crippen molar-refractivity contribution < 1.29 is 9.59 Å². The van der Waals surface area contributed by atoms with E-state index in [2.05, 4.69) is 26.1 Å². The van der Waals surface area contributed by atoms with Gasteiger partial charge in [0, 0.05) is 11.7 Å². The molecule has 0 spiro atoms. The van der Waals surface area contributed by atoms with Crippen LogP contribution in [0.1, 0.15) is 25.8 Å². The lowest BCUT2D eigenvalue weighted by Crippen LogP contribution is -2.43. The summed E-state index contributed by atoms with van der Waals surface area (Å²) in [6.07, 6.45) is 0.803. The molecule has 0 saturated heterocycles. The van der Waals surface area contributed by atoms with Crippen molar-refractivity contribution in [3.8, 4) is 0 Å². The molecule has 1 heterocycles. The van der Waals surface area contributed by atoms with Gasteiger partial charge in [0.15, 0.2) is 4.34 Å². The van der Waals surface area contributed by atoms with Crippen molar-refractivity contribution >= 4 is 45.9 Å². The average Bonchev–Trinajstić information content (AvgIpc) is 3.02. The van der Waals surface area contributed by atoms with Crippen molar-refractivity contribution in [3.63, 3.8) is 0 Å². The van der Waals surface area contributed by atoms with Crippen LogP contribution < -0.4 is 16.0 Å². The number of benzene rings is 1. The van der Waals surface area contributed by atoms with E-state index < -0.39 is 6.03 Å². The highest BCUT2D eigenvalue weighted by Gasteiger charge is 2.12. The predicted octanol–water partition coefficient (Wildman–Crippen LogP) is 3.31. The largest absolute Gasteiger partial charge is 0.335 e. The third-order valence-corrected chi connectivity index (χ3v) is 5.25. The number of carbonyl (C=O) groups excluding carboxylic acids is 2. The summed E-state index contributed by atoms with van der Waals surface area (Å²) >= 11 is 2.60. The molecule has 0 radical (unpaired) electrons. The second-order valence-electron chi connectivity index (χ2n) is 5.48. The summed E-state index contributed by atoms with van der Waals surface area (Å²) < 4.78 is 0.659. The zero-order valence-corrected chi connectivity index (χ0v) is 16.0. The Morgan fingerprint density at radius 1 is 1.24 bits per heavy atom. The predicted molar refractivity (Wildman–Crippen MR) is 102 cm³/mol. The molecule has 9 heteroatoms. The number of rotatable bonds is 7. The molecule has 7 nitrogen and oxygen atoms in total. The van der Waals surface area contributed by atoms with E-state index in [0.717, 1.165) is 12.1 Å². The number of aryl methyl sites for hydroxylation is 1. The zero-order chi connectivity index (χ0) is 18.2. The lowest BCUT2D eigenvalue weighted by atomic mass is 10.2. The molecule has 2 aromatic rings. The number of nitrogens with one attached hydrogen (secondary N) is 3. The van der Waals surface area contributed by atoms with Crippen LogP contribution in [0.25, 0.3) is 0 Å². The van der Waals surface area contributed by atoms with Gasteiger partial charge < -0.3 is 10.6 Å². The minimum absolute atomic E-state index is 0.0269. The van der Waals surface area contributed by atoms with Crippen LogP contribution in [0.3, 0.4) is 0 Å². The Morgan fingerprint density at radius 2 is 1.96 bits per heavy atom. The van der Waals surface area contributed by atoms with Crippen LogP contribution in [0.4, 0.5) is 15.6 Å². The van der Waals surface area contributed by atoms with E-state index in [4.69, 9.17) is 0 Å². The summed E-state index contributed by atoms with van der Waals surface area (Å²) in [6.45, 7) is 5.86. The fourth-order valence-electron chi connectivity index (χ4n) is 1.73. The first kappa shape index (κ1) is 19.2. The third kappa shape index (κ3) is 6.71.